The van der Waals surface area contributed by atoms with E-state index in [1.807, 2.05) is 30.3 Å². The second-order valence-corrected chi connectivity index (χ2v) is 9.50. The highest BCUT2D eigenvalue weighted by Gasteiger charge is 2.27. The van der Waals surface area contributed by atoms with Crippen LogP contribution in [0.4, 0.5) is 19.6 Å². The number of thiazole rings is 2. The minimum absolute atomic E-state index is 0.0801. The molecule has 2 heterocycles. The number of ketones is 1. The number of aryl methyl sites for hydroxylation is 1. The van der Waals surface area contributed by atoms with Crippen molar-refractivity contribution in [2.45, 2.75) is 19.8 Å². The number of anilines is 2. The Hall–Kier alpha value is -3.56. The van der Waals surface area contributed by atoms with Crippen LogP contribution in [0.3, 0.4) is 0 Å². The van der Waals surface area contributed by atoms with Crippen molar-refractivity contribution in [3.8, 4) is 10.6 Å². The van der Waals surface area contributed by atoms with E-state index in [2.05, 4.69) is 9.97 Å². The lowest BCUT2D eigenvalue weighted by Gasteiger charge is -2.18. The van der Waals surface area contributed by atoms with Gasteiger partial charge in [0.1, 0.15) is 16.6 Å². The van der Waals surface area contributed by atoms with E-state index < -0.39 is 17.5 Å². The van der Waals surface area contributed by atoms with E-state index >= 15 is 0 Å². The van der Waals surface area contributed by atoms with Gasteiger partial charge in [0.2, 0.25) is 11.7 Å². The van der Waals surface area contributed by atoms with Gasteiger partial charge in [-0.05, 0) is 31.1 Å². The topological polar surface area (TPSA) is 63.2 Å². The molecule has 0 atom stereocenters. The van der Waals surface area contributed by atoms with Crippen LogP contribution in [0.5, 0.6) is 0 Å². The molecule has 0 unspecified atom stereocenters. The number of fused-ring (bicyclic) bond motifs is 1. The van der Waals surface area contributed by atoms with Gasteiger partial charge in [0.25, 0.3) is 0 Å². The first kappa shape index (κ1) is 22.2. The van der Waals surface area contributed by atoms with Gasteiger partial charge in [0.05, 0.1) is 22.0 Å². The molecule has 0 fully saturated rings. The van der Waals surface area contributed by atoms with Crippen molar-refractivity contribution in [2.24, 2.45) is 0 Å². The van der Waals surface area contributed by atoms with Crippen molar-refractivity contribution >= 4 is 51.3 Å². The minimum Gasteiger partial charge on any atom is -0.288 e. The molecular formula is C25H17F2N3O2S2. The van der Waals surface area contributed by atoms with Crippen molar-refractivity contribution in [3.63, 3.8) is 0 Å². The van der Waals surface area contributed by atoms with E-state index in [0.29, 0.717) is 29.0 Å². The van der Waals surface area contributed by atoms with E-state index in [0.717, 1.165) is 44.6 Å². The van der Waals surface area contributed by atoms with Crippen molar-refractivity contribution < 1.29 is 18.4 Å². The van der Waals surface area contributed by atoms with Crippen LogP contribution in [0.1, 0.15) is 34.4 Å². The number of Topliss-reactive ketones (excluding diaryl/α,β-unsaturated/α-hetero) is 1. The Morgan fingerprint density at radius 1 is 1.09 bits per heavy atom. The van der Waals surface area contributed by atoms with E-state index in [-0.39, 0.29) is 16.6 Å². The highest BCUT2D eigenvalue weighted by atomic mass is 32.1. The summed E-state index contributed by atoms with van der Waals surface area (Å²) in [6.07, 6.45) is 2.87. The maximum absolute atomic E-state index is 14.3. The number of amides is 1. The molecule has 1 aliphatic carbocycles. The smallest absolute Gasteiger partial charge is 0.230 e. The molecule has 0 N–H and O–H groups in total. The lowest BCUT2D eigenvalue weighted by molar-refractivity contribution is -0.115. The first-order valence-corrected chi connectivity index (χ1v) is 12.1. The fraction of sp³-hybridized carbons (Fsp3) is 0.120. The molecule has 1 aliphatic rings. The number of benzene rings is 2. The summed E-state index contributed by atoms with van der Waals surface area (Å²) in [6, 6.07) is 12.7. The van der Waals surface area contributed by atoms with Crippen LogP contribution in [0.2, 0.25) is 0 Å². The fourth-order valence-corrected chi connectivity index (χ4v) is 5.68. The normalized spacial score (nSPS) is 14.3. The van der Waals surface area contributed by atoms with Crippen molar-refractivity contribution in [3.05, 3.63) is 87.4 Å². The summed E-state index contributed by atoms with van der Waals surface area (Å²) in [5.41, 5.74) is 2.79. The summed E-state index contributed by atoms with van der Waals surface area (Å²) in [6.45, 7) is 1.28. The Morgan fingerprint density at radius 2 is 1.88 bits per heavy atom. The summed E-state index contributed by atoms with van der Waals surface area (Å²) in [5, 5.41) is 2.75. The third-order valence-corrected chi connectivity index (χ3v) is 7.33. The van der Waals surface area contributed by atoms with Gasteiger partial charge in [0.15, 0.2) is 5.13 Å². The number of carbonyl (C=O) groups excluding carboxylic acids is 2. The number of halogens is 2. The summed E-state index contributed by atoms with van der Waals surface area (Å²) >= 11 is 2.52. The second kappa shape index (κ2) is 9.00. The maximum atomic E-state index is 14.3. The SMILES string of the molecule is CC(=O)N(c1nc(C=C2CCc3nc(-c4ccccc4)sc3C2=O)cs1)c1ccc(F)cc1F. The second-order valence-electron chi connectivity index (χ2n) is 7.66. The maximum Gasteiger partial charge on any atom is 0.230 e. The van der Waals surface area contributed by atoms with Crippen LogP contribution in [0.25, 0.3) is 16.6 Å². The average molecular weight is 494 g/mol. The Labute approximate surface area is 202 Å². The molecule has 0 saturated heterocycles. The van der Waals surface area contributed by atoms with Gasteiger partial charge in [-0.15, -0.1) is 22.7 Å². The summed E-state index contributed by atoms with van der Waals surface area (Å²) in [5.74, 6) is -2.14. The predicted molar refractivity (Wildman–Crippen MR) is 129 cm³/mol. The monoisotopic (exact) mass is 493 g/mol. The van der Waals surface area contributed by atoms with Crippen LogP contribution in [0, 0.1) is 11.6 Å². The molecule has 0 aliphatic heterocycles. The molecule has 34 heavy (non-hydrogen) atoms. The first-order chi connectivity index (χ1) is 16.4. The standard InChI is InChI=1S/C25H17F2N3O2S2/c1-14(31)30(21-10-8-17(26)12-19(21)27)25-28-18(13-33-25)11-16-7-9-20-23(22(16)32)34-24(29-20)15-5-3-2-4-6-15/h2-6,8,10-13H,7,9H2,1H3. The molecule has 4 aromatic rings. The Morgan fingerprint density at radius 3 is 2.62 bits per heavy atom. The van der Waals surface area contributed by atoms with Crippen LogP contribution in [-0.4, -0.2) is 21.7 Å². The van der Waals surface area contributed by atoms with Gasteiger partial charge in [-0.2, -0.15) is 0 Å². The number of nitrogens with zero attached hydrogens (tertiary/aromatic N) is 3. The summed E-state index contributed by atoms with van der Waals surface area (Å²) < 4.78 is 27.6. The van der Waals surface area contributed by atoms with Crippen LogP contribution < -0.4 is 4.90 Å². The van der Waals surface area contributed by atoms with E-state index in [9.17, 15) is 18.4 Å². The van der Waals surface area contributed by atoms with Gasteiger partial charge in [-0.25, -0.2) is 18.7 Å². The van der Waals surface area contributed by atoms with Gasteiger partial charge >= 0.3 is 0 Å². The van der Waals surface area contributed by atoms with Crippen molar-refractivity contribution in [1.29, 1.82) is 0 Å². The number of hydrogen-bond donors (Lipinski definition) is 0. The van der Waals surface area contributed by atoms with Crippen LogP contribution in [-0.2, 0) is 11.2 Å². The zero-order chi connectivity index (χ0) is 23.8. The summed E-state index contributed by atoms with van der Waals surface area (Å²) in [4.78, 5) is 36.2. The predicted octanol–water partition coefficient (Wildman–Crippen LogP) is 6.44. The molecule has 170 valence electrons. The van der Waals surface area contributed by atoms with Gasteiger partial charge in [0, 0.05) is 29.5 Å². The Kier molecular flexibility index (Phi) is 5.89. The number of hydrogen-bond acceptors (Lipinski definition) is 6. The van der Waals surface area contributed by atoms with E-state index in [4.69, 9.17) is 0 Å². The number of aromatic nitrogens is 2. The van der Waals surface area contributed by atoms with Crippen LogP contribution in [0.15, 0.2) is 59.5 Å². The number of allylic oxidation sites excluding steroid dienone is 1. The summed E-state index contributed by atoms with van der Waals surface area (Å²) in [7, 11) is 0. The van der Waals surface area contributed by atoms with Crippen LogP contribution >= 0.6 is 22.7 Å². The van der Waals surface area contributed by atoms with Crippen molar-refractivity contribution in [1.82, 2.24) is 9.97 Å². The fourth-order valence-electron chi connectivity index (χ4n) is 3.75. The minimum atomic E-state index is -0.861. The van der Waals surface area contributed by atoms with Crippen molar-refractivity contribution in [2.75, 3.05) is 4.90 Å². The van der Waals surface area contributed by atoms with Gasteiger partial charge in [-0.3, -0.25) is 14.5 Å². The van der Waals surface area contributed by atoms with E-state index in [1.54, 1.807) is 11.5 Å². The molecule has 2 aromatic carbocycles. The molecule has 0 radical (unpaired) electrons. The highest BCUT2D eigenvalue weighted by Crippen LogP contribution is 2.36. The molecular weight excluding hydrogens is 476 g/mol. The Balaban J connectivity index is 1.43. The highest BCUT2D eigenvalue weighted by molar-refractivity contribution is 7.17. The molecule has 9 heteroatoms. The quantitative estimate of drug-likeness (QED) is 0.307. The Bertz CT molecular complexity index is 1440. The third-order valence-electron chi connectivity index (χ3n) is 5.34. The third kappa shape index (κ3) is 4.20. The van der Waals surface area contributed by atoms with Gasteiger partial charge < -0.3 is 0 Å². The zero-order valence-electron chi connectivity index (χ0n) is 17.9. The number of rotatable bonds is 4. The molecule has 0 spiro atoms. The van der Waals surface area contributed by atoms with Gasteiger partial charge in [-0.1, -0.05) is 30.3 Å². The lowest BCUT2D eigenvalue weighted by Crippen LogP contribution is -2.23. The molecule has 0 bridgehead atoms. The molecule has 1 amide bonds. The van der Waals surface area contributed by atoms with E-state index in [1.165, 1.54) is 24.3 Å². The molecule has 5 nitrogen and oxygen atoms in total. The largest absolute Gasteiger partial charge is 0.288 e. The lowest BCUT2D eigenvalue weighted by atomic mass is 9.95. The molecule has 2 aromatic heterocycles. The molecule has 5 rings (SSSR count). The zero-order valence-corrected chi connectivity index (χ0v) is 19.6. The first-order valence-electron chi connectivity index (χ1n) is 10.4. The average Bonchev–Trinajstić information content (AvgIpc) is 3.46. The number of carbonyl (C=O) groups is 2. The molecule has 0 saturated carbocycles.